The highest BCUT2D eigenvalue weighted by molar-refractivity contribution is 5.91. The molecule has 1 saturated heterocycles. The van der Waals surface area contributed by atoms with Gasteiger partial charge in [0, 0.05) is 33.7 Å². The SMILES string of the molecule is CN(C)C[C@@H]1CCN(c2cncc(C(=O)N(C)C)n2)C1. The zero-order valence-corrected chi connectivity index (χ0v) is 12.7. The van der Waals surface area contributed by atoms with Crippen LogP contribution in [0.5, 0.6) is 0 Å². The molecule has 1 aliphatic heterocycles. The summed E-state index contributed by atoms with van der Waals surface area (Å²) in [6.45, 7) is 3.04. The number of hydrogen-bond acceptors (Lipinski definition) is 5. The maximum absolute atomic E-state index is 11.9. The van der Waals surface area contributed by atoms with E-state index in [1.807, 2.05) is 0 Å². The van der Waals surface area contributed by atoms with Crippen LogP contribution >= 0.6 is 0 Å². The van der Waals surface area contributed by atoms with Crippen LogP contribution in [0, 0.1) is 5.92 Å². The Morgan fingerprint density at radius 2 is 2.10 bits per heavy atom. The second-order valence-electron chi connectivity index (χ2n) is 5.83. The molecule has 0 aliphatic carbocycles. The van der Waals surface area contributed by atoms with Crippen LogP contribution in [0.2, 0.25) is 0 Å². The van der Waals surface area contributed by atoms with Gasteiger partial charge in [0.25, 0.3) is 5.91 Å². The Morgan fingerprint density at radius 1 is 1.35 bits per heavy atom. The zero-order chi connectivity index (χ0) is 14.7. The summed E-state index contributed by atoms with van der Waals surface area (Å²) >= 11 is 0. The maximum atomic E-state index is 11.9. The van der Waals surface area contributed by atoms with Gasteiger partial charge in [-0.05, 0) is 26.4 Å². The monoisotopic (exact) mass is 277 g/mol. The Hall–Kier alpha value is -1.69. The smallest absolute Gasteiger partial charge is 0.273 e. The number of nitrogens with zero attached hydrogens (tertiary/aromatic N) is 5. The van der Waals surface area contributed by atoms with E-state index in [1.165, 1.54) is 11.1 Å². The number of hydrogen-bond donors (Lipinski definition) is 0. The molecule has 1 amide bonds. The molecule has 6 heteroatoms. The molecule has 1 aromatic rings. The van der Waals surface area contributed by atoms with Gasteiger partial charge in [0.15, 0.2) is 0 Å². The van der Waals surface area contributed by atoms with Gasteiger partial charge in [0.1, 0.15) is 11.5 Å². The van der Waals surface area contributed by atoms with Crippen molar-refractivity contribution in [1.82, 2.24) is 19.8 Å². The van der Waals surface area contributed by atoms with Crippen molar-refractivity contribution in [3.63, 3.8) is 0 Å². The van der Waals surface area contributed by atoms with Crippen LogP contribution in [0.4, 0.5) is 5.82 Å². The minimum Gasteiger partial charge on any atom is -0.355 e. The lowest BCUT2D eigenvalue weighted by molar-refractivity contribution is 0.0821. The normalized spacial score (nSPS) is 18.6. The first kappa shape index (κ1) is 14.7. The average molecular weight is 277 g/mol. The summed E-state index contributed by atoms with van der Waals surface area (Å²) in [7, 11) is 7.64. The Labute approximate surface area is 120 Å². The summed E-state index contributed by atoms with van der Waals surface area (Å²) in [6, 6.07) is 0. The molecule has 110 valence electrons. The van der Waals surface area contributed by atoms with Crippen LogP contribution in [-0.4, -0.2) is 73.5 Å². The molecule has 0 spiro atoms. The molecule has 0 aromatic carbocycles. The summed E-state index contributed by atoms with van der Waals surface area (Å²) in [5, 5.41) is 0. The maximum Gasteiger partial charge on any atom is 0.273 e. The van der Waals surface area contributed by atoms with Gasteiger partial charge in [-0.3, -0.25) is 9.78 Å². The van der Waals surface area contributed by atoms with Gasteiger partial charge in [0.2, 0.25) is 0 Å². The highest BCUT2D eigenvalue weighted by Crippen LogP contribution is 2.22. The van der Waals surface area contributed by atoms with E-state index in [1.54, 1.807) is 20.3 Å². The van der Waals surface area contributed by atoms with Crippen LogP contribution < -0.4 is 4.90 Å². The third kappa shape index (κ3) is 3.45. The first-order valence-electron chi connectivity index (χ1n) is 6.90. The van der Waals surface area contributed by atoms with Crippen molar-refractivity contribution in [2.24, 2.45) is 5.92 Å². The zero-order valence-electron chi connectivity index (χ0n) is 12.7. The van der Waals surface area contributed by atoms with Crippen LogP contribution in [0.15, 0.2) is 12.4 Å². The van der Waals surface area contributed by atoms with Gasteiger partial charge in [-0.2, -0.15) is 0 Å². The van der Waals surface area contributed by atoms with Crippen molar-refractivity contribution in [3.8, 4) is 0 Å². The highest BCUT2D eigenvalue weighted by Gasteiger charge is 2.24. The van der Waals surface area contributed by atoms with Crippen molar-refractivity contribution >= 4 is 11.7 Å². The lowest BCUT2D eigenvalue weighted by Crippen LogP contribution is -2.27. The molecule has 1 atom stereocenters. The molecule has 1 aromatic heterocycles. The van der Waals surface area contributed by atoms with E-state index in [4.69, 9.17) is 0 Å². The van der Waals surface area contributed by atoms with E-state index in [2.05, 4.69) is 33.9 Å². The van der Waals surface area contributed by atoms with E-state index < -0.39 is 0 Å². The predicted octanol–water partition coefficient (Wildman–Crippen LogP) is 0.566. The van der Waals surface area contributed by atoms with Crippen molar-refractivity contribution in [1.29, 1.82) is 0 Å². The van der Waals surface area contributed by atoms with Crippen LogP contribution in [0.3, 0.4) is 0 Å². The molecule has 0 saturated carbocycles. The van der Waals surface area contributed by atoms with Crippen molar-refractivity contribution in [2.45, 2.75) is 6.42 Å². The second kappa shape index (κ2) is 6.17. The molecule has 6 nitrogen and oxygen atoms in total. The molecule has 1 fully saturated rings. The predicted molar refractivity (Wildman–Crippen MR) is 78.9 cm³/mol. The fraction of sp³-hybridized carbons (Fsp3) is 0.643. The lowest BCUT2D eigenvalue weighted by atomic mass is 10.1. The average Bonchev–Trinajstić information content (AvgIpc) is 2.85. The minimum atomic E-state index is -0.108. The number of rotatable bonds is 4. The van der Waals surface area contributed by atoms with E-state index in [-0.39, 0.29) is 5.91 Å². The van der Waals surface area contributed by atoms with Crippen molar-refractivity contribution < 1.29 is 4.79 Å². The Morgan fingerprint density at radius 3 is 2.75 bits per heavy atom. The highest BCUT2D eigenvalue weighted by atomic mass is 16.2. The molecule has 2 rings (SSSR count). The second-order valence-corrected chi connectivity index (χ2v) is 5.83. The Balaban J connectivity index is 2.07. The summed E-state index contributed by atoms with van der Waals surface area (Å²) in [4.78, 5) is 26.5. The van der Waals surface area contributed by atoms with E-state index in [0.29, 0.717) is 11.6 Å². The van der Waals surface area contributed by atoms with Crippen LogP contribution in [0.25, 0.3) is 0 Å². The summed E-state index contributed by atoms with van der Waals surface area (Å²) in [5.74, 6) is 1.35. The fourth-order valence-corrected chi connectivity index (χ4v) is 2.55. The molecule has 2 heterocycles. The quantitative estimate of drug-likeness (QED) is 0.805. The van der Waals surface area contributed by atoms with Gasteiger partial charge in [-0.1, -0.05) is 0 Å². The van der Waals surface area contributed by atoms with Gasteiger partial charge >= 0.3 is 0 Å². The van der Waals surface area contributed by atoms with Gasteiger partial charge in [-0.15, -0.1) is 0 Å². The summed E-state index contributed by atoms with van der Waals surface area (Å²) in [5.41, 5.74) is 0.406. The largest absolute Gasteiger partial charge is 0.355 e. The molecule has 0 N–H and O–H groups in total. The van der Waals surface area contributed by atoms with E-state index >= 15 is 0 Å². The molecular formula is C14H23N5O. The molecule has 0 bridgehead atoms. The summed E-state index contributed by atoms with van der Waals surface area (Å²) < 4.78 is 0. The van der Waals surface area contributed by atoms with Gasteiger partial charge in [-0.25, -0.2) is 4.98 Å². The summed E-state index contributed by atoms with van der Waals surface area (Å²) in [6.07, 6.45) is 4.43. The first-order valence-corrected chi connectivity index (χ1v) is 6.90. The van der Waals surface area contributed by atoms with Crippen LogP contribution in [-0.2, 0) is 0 Å². The molecule has 1 aliphatic rings. The lowest BCUT2D eigenvalue weighted by Gasteiger charge is -2.19. The van der Waals surface area contributed by atoms with Gasteiger partial charge < -0.3 is 14.7 Å². The fourth-order valence-electron chi connectivity index (χ4n) is 2.55. The number of aromatic nitrogens is 2. The van der Waals surface area contributed by atoms with Gasteiger partial charge in [0.05, 0.1) is 12.4 Å². The molecule has 20 heavy (non-hydrogen) atoms. The van der Waals surface area contributed by atoms with Crippen molar-refractivity contribution in [3.05, 3.63) is 18.1 Å². The Kier molecular flexibility index (Phi) is 4.54. The molecule has 0 unspecified atom stereocenters. The third-order valence-corrected chi connectivity index (χ3v) is 3.48. The number of carbonyl (C=O) groups is 1. The number of anilines is 1. The Bertz CT molecular complexity index is 474. The molecular weight excluding hydrogens is 254 g/mol. The minimum absolute atomic E-state index is 0.108. The third-order valence-electron chi connectivity index (χ3n) is 3.48. The van der Waals surface area contributed by atoms with E-state index in [0.717, 1.165) is 31.9 Å². The number of carbonyl (C=O) groups excluding carboxylic acids is 1. The topological polar surface area (TPSA) is 52.6 Å². The standard InChI is InChI=1S/C14H23N5O/c1-17(2)9-11-5-6-19(10-11)13-8-15-7-12(16-13)14(20)18(3)4/h7-8,11H,5-6,9-10H2,1-4H3/t11-/m0/s1. The van der Waals surface area contributed by atoms with Crippen LogP contribution in [0.1, 0.15) is 16.9 Å². The van der Waals surface area contributed by atoms with Crippen molar-refractivity contribution in [2.75, 3.05) is 52.7 Å². The van der Waals surface area contributed by atoms with E-state index in [9.17, 15) is 4.79 Å². The molecule has 0 radical (unpaired) electrons. The number of amides is 1. The first-order chi connectivity index (χ1) is 9.47.